The van der Waals surface area contributed by atoms with Gasteiger partial charge in [0.25, 0.3) is 11.8 Å². The van der Waals surface area contributed by atoms with E-state index in [2.05, 4.69) is 27.8 Å². The highest BCUT2D eigenvalue weighted by Gasteiger charge is 2.19. The zero-order valence-electron chi connectivity index (χ0n) is 16.7. The smallest absolute Gasteiger partial charge is 0.274 e. The molecule has 3 aromatic heterocycles. The number of hydrogen-bond donors (Lipinski definition) is 2. The molecule has 0 atom stereocenters. The van der Waals surface area contributed by atoms with Crippen molar-refractivity contribution in [1.29, 1.82) is 10.5 Å². The molecule has 0 aromatic carbocycles. The van der Waals surface area contributed by atoms with Crippen LogP contribution in [0.4, 0.5) is 10.0 Å². The Bertz CT molecular complexity index is 1160. The summed E-state index contributed by atoms with van der Waals surface area (Å²) in [6, 6.07) is 8.75. The van der Waals surface area contributed by atoms with E-state index in [4.69, 9.17) is 0 Å². The summed E-state index contributed by atoms with van der Waals surface area (Å²) in [7, 11) is 0. The van der Waals surface area contributed by atoms with Gasteiger partial charge in [-0.05, 0) is 51.0 Å². The van der Waals surface area contributed by atoms with Crippen LogP contribution >= 0.6 is 22.7 Å². The predicted octanol–water partition coefficient (Wildman–Crippen LogP) is 4.69. The molecular weight excluding hydrogens is 418 g/mol. The van der Waals surface area contributed by atoms with Gasteiger partial charge in [-0.2, -0.15) is 10.5 Å². The van der Waals surface area contributed by atoms with E-state index in [-0.39, 0.29) is 11.4 Å². The lowest BCUT2D eigenvalue weighted by Gasteiger charge is -2.06. The monoisotopic (exact) mass is 435 g/mol. The number of nitriles is 2. The molecule has 0 saturated heterocycles. The first-order valence-electron chi connectivity index (χ1n) is 8.86. The molecule has 0 radical (unpaired) electrons. The predicted molar refractivity (Wildman–Crippen MR) is 117 cm³/mol. The van der Waals surface area contributed by atoms with Gasteiger partial charge in [-0.1, -0.05) is 6.07 Å². The summed E-state index contributed by atoms with van der Waals surface area (Å²) in [6.07, 6.45) is 0. The van der Waals surface area contributed by atoms with Crippen molar-refractivity contribution >= 4 is 44.5 Å². The van der Waals surface area contributed by atoms with Crippen LogP contribution in [0.2, 0.25) is 0 Å². The van der Waals surface area contributed by atoms with Gasteiger partial charge >= 0.3 is 0 Å². The van der Waals surface area contributed by atoms with E-state index in [1.54, 1.807) is 6.07 Å². The van der Waals surface area contributed by atoms with E-state index in [1.165, 1.54) is 34.8 Å². The summed E-state index contributed by atoms with van der Waals surface area (Å²) in [5.41, 5.74) is 2.60. The maximum absolute atomic E-state index is 12.6. The van der Waals surface area contributed by atoms with Crippen molar-refractivity contribution in [3.05, 3.63) is 61.6 Å². The number of pyridine rings is 1. The fourth-order valence-electron chi connectivity index (χ4n) is 2.72. The third-order valence-electron chi connectivity index (χ3n) is 4.66. The Morgan fingerprint density at radius 2 is 1.23 bits per heavy atom. The van der Waals surface area contributed by atoms with Gasteiger partial charge in [0.1, 0.15) is 33.5 Å². The van der Waals surface area contributed by atoms with Crippen LogP contribution in [0.5, 0.6) is 0 Å². The molecule has 0 unspecified atom stereocenters. The van der Waals surface area contributed by atoms with Crippen molar-refractivity contribution in [2.45, 2.75) is 27.7 Å². The molecule has 0 aliphatic carbocycles. The summed E-state index contributed by atoms with van der Waals surface area (Å²) in [4.78, 5) is 31.3. The SMILES string of the molecule is Cc1sc(NC(=O)c2cccc(C(=O)Nc3sc(C)c(C)c3C#N)n2)c(C#N)c1C. The van der Waals surface area contributed by atoms with Crippen LogP contribution in [0.25, 0.3) is 0 Å². The number of aromatic nitrogens is 1. The first kappa shape index (κ1) is 21.2. The maximum atomic E-state index is 12.6. The third kappa shape index (κ3) is 3.94. The van der Waals surface area contributed by atoms with Crippen LogP contribution in [-0.4, -0.2) is 16.8 Å². The summed E-state index contributed by atoms with van der Waals surface area (Å²) in [5.74, 6) is -1.02. The molecule has 0 saturated carbocycles. The lowest BCUT2D eigenvalue weighted by atomic mass is 10.2. The molecule has 0 aliphatic heterocycles. The second-order valence-corrected chi connectivity index (χ2v) is 8.96. The van der Waals surface area contributed by atoms with Crippen molar-refractivity contribution in [2.75, 3.05) is 10.6 Å². The van der Waals surface area contributed by atoms with Crippen molar-refractivity contribution in [3.8, 4) is 12.1 Å². The van der Waals surface area contributed by atoms with Gasteiger partial charge in [-0.15, -0.1) is 22.7 Å². The summed E-state index contributed by atoms with van der Waals surface area (Å²) >= 11 is 2.64. The highest BCUT2D eigenvalue weighted by atomic mass is 32.1. The van der Waals surface area contributed by atoms with Crippen LogP contribution in [0.3, 0.4) is 0 Å². The van der Waals surface area contributed by atoms with Crippen molar-refractivity contribution in [1.82, 2.24) is 4.98 Å². The molecule has 0 spiro atoms. The number of rotatable bonds is 4. The van der Waals surface area contributed by atoms with Crippen LogP contribution in [0, 0.1) is 50.4 Å². The van der Waals surface area contributed by atoms with E-state index >= 15 is 0 Å². The Hall–Kier alpha value is -3.53. The minimum atomic E-state index is -0.511. The average molecular weight is 436 g/mol. The maximum Gasteiger partial charge on any atom is 0.274 e. The normalized spacial score (nSPS) is 10.2. The molecule has 7 nitrogen and oxygen atoms in total. The Balaban J connectivity index is 1.83. The quantitative estimate of drug-likeness (QED) is 0.616. The van der Waals surface area contributed by atoms with E-state index < -0.39 is 11.8 Å². The fraction of sp³-hybridized carbons (Fsp3) is 0.190. The van der Waals surface area contributed by atoms with Crippen molar-refractivity contribution < 1.29 is 9.59 Å². The van der Waals surface area contributed by atoms with Crippen molar-refractivity contribution in [2.24, 2.45) is 0 Å². The van der Waals surface area contributed by atoms with Gasteiger partial charge in [-0.3, -0.25) is 9.59 Å². The van der Waals surface area contributed by atoms with Gasteiger partial charge < -0.3 is 10.6 Å². The summed E-state index contributed by atoms with van der Waals surface area (Å²) < 4.78 is 0. The van der Waals surface area contributed by atoms with E-state index in [0.29, 0.717) is 21.1 Å². The Labute approximate surface area is 181 Å². The van der Waals surface area contributed by atoms with Gasteiger partial charge in [-0.25, -0.2) is 4.98 Å². The zero-order chi connectivity index (χ0) is 22.0. The highest BCUT2D eigenvalue weighted by molar-refractivity contribution is 7.17. The lowest BCUT2D eigenvalue weighted by molar-refractivity contribution is 0.101. The Kier molecular flexibility index (Phi) is 5.97. The molecular formula is C21H17N5O2S2. The number of nitrogens with zero attached hydrogens (tertiary/aromatic N) is 3. The van der Waals surface area contributed by atoms with Crippen LogP contribution < -0.4 is 10.6 Å². The summed E-state index contributed by atoms with van der Waals surface area (Å²) in [6.45, 7) is 7.41. The molecule has 3 aromatic rings. The second kappa shape index (κ2) is 8.46. The van der Waals surface area contributed by atoms with E-state index in [0.717, 1.165) is 20.9 Å². The zero-order valence-corrected chi connectivity index (χ0v) is 18.3. The lowest BCUT2D eigenvalue weighted by Crippen LogP contribution is -2.18. The number of hydrogen-bond acceptors (Lipinski definition) is 7. The number of carbonyl (C=O) groups is 2. The topological polar surface area (TPSA) is 119 Å². The van der Waals surface area contributed by atoms with Gasteiger partial charge in [0, 0.05) is 9.75 Å². The molecule has 0 aliphatic rings. The molecule has 2 N–H and O–H groups in total. The Morgan fingerprint density at radius 1 is 0.833 bits per heavy atom. The number of aryl methyl sites for hydroxylation is 2. The fourth-order valence-corrected chi connectivity index (χ4v) is 4.73. The molecule has 150 valence electrons. The third-order valence-corrected chi connectivity index (χ3v) is 6.91. The standard InChI is InChI=1S/C21H17N5O2S2/c1-10-12(3)29-20(14(10)8-22)25-18(27)16-6-5-7-17(24-16)19(28)26-21-15(9-23)11(2)13(4)30-21/h5-7H,1-4H3,(H,25,27)(H,26,28). The minimum Gasteiger partial charge on any atom is -0.311 e. The van der Waals surface area contributed by atoms with Gasteiger partial charge in [0.15, 0.2) is 0 Å². The minimum absolute atomic E-state index is 0.0503. The van der Waals surface area contributed by atoms with E-state index in [1.807, 2.05) is 27.7 Å². The highest BCUT2D eigenvalue weighted by Crippen LogP contribution is 2.33. The van der Waals surface area contributed by atoms with E-state index in [9.17, 15) is 20.1 Å². The first-order chi connectivity index (χ1) is 14.3. The van der Waals surface area contributed by atoms with Gasteiger partial charge in [0.2, 0.25) is 0 Å². The second-order valence-electron chi connectivity index (χ2n) is 6.51. The number of carbonyl (C=O) groups excluding carboxylic acids is 2. The van der Waals surface area contributed by atoms with Crippen molar-refractivity contribution in [3.63, 3.8) is 0 Å². The molecule has 0 bridgehead atoms. The largest absolute Gasteiger partial charge is 0.311 e. The number of amides is 2. The van der Waals surface area contributed by atoms with Crippen LogP contribution in [0.1, 0.15) is 53.0 Å². The van der Waals surface area contributed by atoms with Gasteiger partial charge in [0.05, 0.1) is 11.1 Å². The molecule has 3 heterocycles. The molecule has 0 fully saturated rings. The Morgan fingerprint density at radius 3 is 1.60 bits per heavy atom. The van der Waals surface area contributed by atoms with Crippen LogP contribution in [-0.2, 0) is 0 Å². The number of anilines is 2. The number of thiophene rings is 2. The summed E-state index contributed by atoms with van der Waals surface area (Å²) in [5, 5.41) is 25.0. The molecule has 9 heteroatoms. The van der Waals surface area contributed by atoms with Crippen LogP contribution in [0.15, 0.2) is 18.2 Å². The molecule has 2 amide bonds. The first-order valence-corrected chi connectivity index (χ1v) is 10.5. The number of nitrogens with one attached hydrogen (secondary N) is 2. The average Bonchev–Trinajstić information content (AvgIpc) is 3.15. The molecule has 3 rings (SSSR count). The molecule has 30 heavy (non-hydrogen) atoms.